The number of urea groups is 1. The number of benzene rings is 1. The van der Waals surface area contributed by atoms with E-state index in [4.69, 9.17) is 4.74 Å². The van der Waals surface area contributed by atoms with Crippen molar-refractivity contribution in [3.8, 4) is 0 Å². The first-order valence-corrected chi connectivity index (χ1v) is 12.8. The first-order chi connectivity index (χ1) is 17.4. The van der Waals surface area contributed by atoms with Gasteiger partial charge in [0.2, 0.25) is 5.91 Å². The molecule has 2 N–H and O–H groups in total. The van der Waals surface area contributed by atoms with Crippen LogP contribution in [0.4, 0.5) is 10.5 Å². The van der Waals surface area contributed by atoms with Gasteiger partial charge in [0.15, 0.2) is 0 Å². The number of rotatable bonds is 6. The van der Waals surface area contributed by atoms with Gasteiger partial charge in [-0.2, -0.15) is 0 Å². The average Bonchev–Trinajstić information content (AvgIpc) is 3.55. The number of carbonyl (C=O) groups excluding carboxylic acids is 4. The molecule has 3 atom stereocenters. The van der Waals surface area contributed by atoms with E-state index in [1.165, 1.54) is 35.5 Å². The molecule has 2 aliphatic heterocycles. The van der Waals surface area contributed by atoms with Gasteiger partial charge in [-0.05, 0) is 43.7 Å². The predicted molar refractivity (Wildman–Crippen MR) is 132 cm³/mol. The molecule has 0 spiro atoms. The number of thioether (sulfide) groups is 1. The molecule has 3 heterocycles. The summed E-state index contributed by atoms with van der Waals surface area (Å²) in [6, 6.07) is 4.50. The number of nitrogens with one attached hydrogen (secondary N) is 2. The van der Waals surface area contributed by atoms with Crippen molar-refractivity contribution in [2.75, 3.05) is 31.8 Å². The normalized spacial score (nSPS) is 21.2. The molecule has 2 aromatic rings. The van der Waals surface area contributed by atoms with Crippen molar-refractivity contribution in [3.05, 3.63) is 48.5 Å². The second kappa shape index (κ2) is 11.4. The number of carbonyl (C=O) groups is 4. The number of anilines is 1. The van der Waals surface area contributed by atoms with Crippen LogP contribution < -0.4 is 10.6 Å². The molecule has 36 heavy (non-hydrogen) atoms. The van der Waals surface area contributed by atoms with E-state index in [0.29, 0.717) is 31.5 Å². The average molecular weight is 513 g/mol. The number of likely N-dealkylation sites (tertiary alicyclic amines) is 2. The van der Waals surface area contributed by atoms with E-state index in [2.05, 4.69) is 20.6 Å². The molecule has 4 amide bonds. The molecule has 0 radical (unpaired) electrons. The van der Waals surface area contributed by atoms with Gasteiger partial charge in [0.25, 0.3) is 5.91 Å². The van der Waals surface area contributed by atoms with Gasteiger partial charge in [-0.1, -0.05) is 6.07 Å². The fourth-order valence-electron chi connectivity index (χ4n) is 4.65. The highest BCUT2D eigenvalue weighted by molar-refractivity contribution is 7.98. The zero-order valence-electron chi connectivity index (χ0n) is 20.0. The van der Waals surface area contributed by atoms with Crippen molar-refractivity contribution < 1.29 is 23.9 Å². The Hall–Kier alpha value is -3.67. The Labute approximate surface area is 213 Å². The van der Waals surface area contributed by atoms with E-state index in [0.717, 1.165) is 4.90 Å². The lowest BCUT2D eigenvalue weighted by atomic mass is 10.1. The highest BCUT2D eigenvalue weighted by Gasteiger charge is 2.48. The number of hydrogen-bond donors (Lipinski definition) is 2. The minimum absolute atomic E-state index is 0.0974. The van der Waals surface area contributed by atoms with Gasteiger partial charge in [-0.15, -0.1) is 11.8 Å². The largest absolute Gasteiger partial charge is 0.467 e. The summed E-state index contributed by atoms with van der Waals surface area (Å²) in [7, 11) is 1.28. The Morgan fingerprint density at radius 1 is 1.11 bits per heavy atom. The molecular formula is C24H28N6O5S. The Morgan fingerprint density at radius 2 is 1.94 bits per heavy atom. The van der Waals surface area contributed by atoms with Crippen LogP contribution in [0.1, 0.15) is 29.8 Å². The third-order valence-electron chi connectivity index (χ3n) is 6.35. The fourth-order valence-corrected chi connectivity index (χ4v) is 5.11. The van der Waals surface area contributed by atoms with Crippen LogP contribution in [0.5, 0.6) is 0 Å². The summed E-state index contributed by atoms with van der Waals surface area (Å²) in [5.74, 6) is -1.37. The topological polar surface area (TPSA) is 134 Å². The van der Waals surface area contributed by atoms with Gasteiger partial charge in [0, 0.05) is 36.1 Å². The van der Waals surface area contributed by atoms with Crippen molar-refractivity contribution in [2.45, 2.75) is 42.3 Å². The van der Waals surface area contributed by atoms with E-state index in [9.17, 15) is 19.2 Å². The van der Waals surface area contributed by atoms with Crippen LogP contribution in [-0.2, 0) is 14.3 Å². The summed E-state index contributed by atoms with van der Waals surface area (Å²) in [5, 5.41) is 5.66. The fraction of sp³-hybridized carbons (Fsp3) is 0.417. The number of nitrogens with zero attached hydrogens (tertiary/aromatic N) is 4. The zero-order valence-corrected chi connectivity index (χ0v) is 20.9. The van der Waals surface area contributed by atoms with Gasteiger partial charge in [-0.3, -0.25) is 14.6 Å². The maximum Gasteiger partial charge on any atom is 0.328 e. The van der Waals surface area contributed by atoms with Crippen molar-refractivity contribution in [3.63, 3.8) is 0 Å². The standard InChI is InChI=1S/C24H28N6O5S/c1-35-23(33)19-7-4-11-29(19)22(32)20-17(8-12-30(20)21(31)18-14-25-9-10-26-18)28-24(34)27-15-5-3-6-16(13-15)36-2/h3,5-6,9-10,13-14,17,19-20H,4,7-8,11-12H2,1-2H3,(H2,27,28,34)/t17-,19+,20-/m0/s1. The van der Waals surface area contributed by atoms with E-state index in [1.54, 1.807) is 17.8 Å². The third kappa shape index (κ3) is 5.43. The number of aromatic nitrogens is 2. The smallest absolute Gasteiger partial charge is 0.328 e. The molecular weight excluding hydrogens is 484 g/mol. The number of ether oxygens (including phenoxy) is 1. The number of amides is 4. The monoisotopic (exact) mass is 512 g/mol. The van der Waals surface area contributed by atoms with Crippen LogP contribution in [0.25, 0.3) is 0 Å². The lowest BCUT2D eigenvalue weighted by Crippen LogP contribution is -2.57. The van der Waals surface area contributed by atoms with Gasteiger partial charge in [-0.25, -0.2) is 14.6 Å². The number of esters is 1. The summed E-state index contributed by atoms with van der Waals surface area (Å²) < 4.78 is 4.88. The molecule has 1 aromatic heterocycles. The molecule has 190 valence electrons. The third-order valence-corrected chi connectivity index (χ3v) is 7.07. The maximum atomic E-state index is 13.8. The summed E-state index contributed by atoms with van der Waals surface area (Å²) in [6.07, 6.45) is 7.61. The van der Waals surface area contributed by atoms with Crippen LogP contribution in [0.15, 0.2) is 47.8 Å². The van der Waals surface area contributed by atoms with Crippen molar-refractivity contribution in [1.82, 2.24) is 25.1 Å². The summed E-state index contributed by atoms with van der Waals surface area (Å²) in [4.78, 5) is 64.1. The van der Waals surface area contributed by atoms with Crippen molar-refractivity contribution >= 4 is 41.3 Å². The van der Waals surface area contributed by atoms with Crippen molar-refractivity contribution in [1.29, 1.82) is 0 Å². The molecule has 0 saturated carbocycles. The molecule has 1 aromatic carbocycles. The number of methoxy groups -OCH3 is 1. The summed E-state index contributed by atoms with van der Waals surface area (Å²) >= 11 is 1.55. The van der Waals surface area contributed by atoms with Gasteiger partial charge in [0.05, 0.1) is 19.3 Å². The van der Waals surface area contributed by atoms with Crippen LogP contribution in [0.3, 0.4) is 0 Å². The second-order valence-corrected chi connectivity index (χ2v) is 9.35. The minimum Gasteiger partial charge on any atom is -0.467 e. The Morgan fingerprint density at radius 3 is 2.67 bits per heavy atom. The van der Waals surface area contributed by atoms with Crippen LogP contribution in [0.2, 0.25) is 0 Å². The van der Waals surface area contributed by atoms with Gasteiger partial charge >= 0.3 is 12.0 Å². The summed E-state index contributed by atoms with van der Waals surface area (Å²) in [6.45, 7) is 0.595. The molecule has 2 saturated heterocycles. The molecule has 4 rings (SSSR count). The quantitative estimate of drug-likeness (QED) is 0.442. The second-order valence-electron chi connectivity index (χ2n) is 8.47. The molecule has 0 bridgehead atoms. The Bertz CT molecular complexity index is 1130. The van der Waals surface area contributed by atoms with Crippen LogP contribution >= 0.6 is 11.8 Å². The molecule has 2 aliphatic rings. The number of hydrogen-bond acceptors (Lipinski definition) is 8. The minimum atomic E-state index is -1.01. The molecule has 0 unspecified atom stereocenters. The van der Waals surface area contributed by atoms with E-state index >= 15 is 0 Å². The van der Waals surface area contributed by atoms with Crippen molar-refractivity contribution in [2.24, 2.45) is 0 Å². The van der Waals surface area contributed by atoms with Crippen LogP contribution in [0, 0.1) is 0 Å². The van der Waals surface area contributed by atoms with Gasteiger partial charge in [0.1, 0.15) is 17.8 Å². The lowest BCUT2D eigenvalue weighted by Gasteiger charge is -2.32. The van der Waals surface area contributed by atoms with Gasteiger partial charge < -0.3 is 25.2 Å². The van der Waals surface area contributed by atoms with Crippen LogP contribution in [-0.4, -0.2) is 88.2 Å². The molecule has 2 fully saturated rings. The summed E-state index contributed by atoms with van der Waals surface area (Å²) in [5.41, 5.74) is 0.707. The first kappa shape index (κ1) is 25.4. The highest BCUT2D eigenvalue weighted by Crippen LogP contribution is 2.27. The van der Waals surface area contributed by atoms with E-state index in [1.807, 2.05) is 24.5 Å². The molecule has 11 nitrogen and oxygen atoms in total. The lowest BCUT2D eigenvalue weighted by molar-refractivity contribution is -0.152. The first-order valence-electron chi connectivity index (χ1n) is 11.6. The van der Waals surface area contributed by atoms with E-state index in [-0.39, 0.29) is 12.2 Å². The predicted octanol–water partition coefficient (Wildman–Crippen LogP) is 1.77. The Balaban J connectivity index is 1.56. The molecule has 0 aliphatic carbocycles. The van der Waals surface area contributed by atoms with E-state index < -0.39 is 41.9 Å². The molecule has 12 heteroatoms. The Kier molecular flexibility index (Phi) is 8.04. The SMILES string of the molecule is COC(=O)[C@H]1CCCN1C(=O)[C@@H]1[C@@H](NC(=O)Nc2cccc(SC)c2)CCN1C(=O)c1cnccn1. The highest BCUT2D eigenvalue weighted by atomic mass is 32.2. The zero-order chi connectivity index (χ0) is 25.7. The maximum absolute atomic E-state index is 13.8.